The molecule has 25 heavy (non-hydrogen) atoms. The second-order valence-corrected chi connectivity index (χ2v) is 6.16. The summed E-state index contributed by atoms with van der Waals surface area (Å²) in [5.74, 6) is 0.460. The van der Waals surface area contributed by atoms with Crippen molar-refractivity contribution in [1.29, 1.82) is 0 Å². The summed E-state index contributed by atoms with van der Waals surface area (Å²) in [7, 11) is 3.68. The zero-order valence-corrected chi connectivity index (χ0v) is 14.5. The highest BCUT2D eigenvalue weighted by Crippen LogP contribution is 2.30. The molecule has 0 aliphatic carbocycles. The van der Waals surface area contributed by atoms with Gasteiger partial charge in [0.1, 0.15) is 12.1 Å². The molecule has 1 aliphatic rings. The first-order chi connectivity index (χ1) is 12.2. The molecule has 0 bridgehead atoms. The van der Waals surface area contributed by atoms with Crippen LogP contribution in [0.2, 0.25) is 0 Å². The number of methoxy groups -OCH3 is 1. The summed E-state index contributed by atoms with van der Waals surface area (Å²) in [5.41, 5.74) is 1.92. The molecular weight excluding hydrogens is 318 g/mol. The average molecular weight is 341 g/mol. The summed E-state index contributed by atoms with van der Waals surface area (Å²) >= 11 is 0. The first-order valence-corrected chi connectivity index (χ1v) is 8.30. The number of anilines is 1. The highest BCUT2D eigenvalue weighted by atomic mass is 16.5. The fourth-order valence-corrected chi connectivity index (χ4v) is 3.25. The van der Waals surface area contributed by atoms with Crippen molar-refractivity contribution in [3.63, 3.8) is 0 Å². The number of aromatic nitrogens is 2. The van der Waals surface area contributed by atoms with Crippen LogP contribution in [0, 0.1) is 0 Å². The van der Waals surface area contributed by atoms with Gasteiger partial charge in [-0.1, -0.05) is 30.3 Å². The van der Waals surface area contributed by atoms with Gasteiger partial charge in [0.05, 0.1) is 24.4 Å². The number of carbonyl (C=O) groups excluding carboxylic acids is 1. The quantitative estimate of drug-likeness (QED) is 0.871. The van der Waals surface area contributed by atoms with Crippen LogP contribution in [-0.4, -0.2) is 47.6 Å². The fourth-order valence-electron chi connectivity index (χ4n) is 3.25. The monoisotopic (exact) mass is 341 g/mol. The standard InChI is InChI=1S/C18H23N5O2/c1-23-9-8-15(17(23)13-6-4-3-5-7-13)21-18(24)22-16-10-14(11-25-2)19-12-20-16/h3-7,10,12,15,17H,8-9,11H2,1-2H3,(H2,19,20,21,22,24). The number of nitrogens with one attached hydrogen (secondary N) is 2. The minimum atomic E-state index is -0.261. The van der Waals surface area contributed by atoms with E-state index in [0.717, 1.165) is 18.7 Å². The van der Waals surface area contributed by atoms with Crippen molar-refractivity contribution in [3.8, 4) is 0 Å². The maximum Gasteiger partial charge on any atom is 0.320 e. The van der Waals surface area contributed by atoms with Crippen LogP contribution in [0.25, 0.3) is 0 Å². The second-order valence-electron chi connectivity index (χ2n) is 6.16. The van der Waals surface area contributed by atoms with Crippen molar-refractivity contribution in [2.75, 3.05) is 26.0 Å². The molecule has 1 aromatic heterocycles. The lowest BCUT2D eigenvalue weighted by Gasteiger charge is -2.26. The van der Waals surface area contributed by atoms with Crippen LogP contribution in [0.4, 0.5) is 10.6 Å². The minimum absolute atomic E-state index is 0.0488. The molecule has 1 aliphatic heterocycles. The molecule has 2 aromatic rings. The summed E-state index contributed by atoms with van der Waals surface area (Å²) in [6, 6.07) is 11.9. The van der Waals surface area contributed by atoms with Gasteiger partial charge >= 0.3 is 6.03 Å². The van der Waals surface area contributed by atoms with Crippen LogP contribution in [-0.2, 0) is 11.3 Å². The lowest BCUT2D eigenvalue weighted by Crippen LogP contribution is -2.41. The summed E-state index contributed by atoms with van der Waals surface area (Å²) in [6.45, 7) is 1.32. The molecule has 1 saturated heterocycles. The number of hydrogen-bond acceptors (Lipinski definition) is 5. The summed E-state index contributed by atoms with van der Waals surface area (Å²) in [5, 5.41) is 5.85. The van der Waals surface area contributed by atoms with Crippen LogP contribution < -0.4 is 10.6 Å². The Balaban J connectivity index is 1.65. The zero-order valence-electron chi connectivity index (χ0n) is 14.5. The van der Waals surface area contributed by atoms with Gasteiger partial charge in [0.15, 0.2) is 0 Å². The van der Waals surface area contributed by atoms with E-state index in [2.05, 4.69) is 44.7 Å². The number of benzene rings is 1. The number of ether oxygens (including phenoxy) is 1. The number of amides is 2. The normalized spacial score (nSPS) is 20.4. The molecular formula is C18H23N5O2. The van der Waals surface area contributed by atoms with Crippen molar-refractivity contribution >= 4 is 11.8 Å². The van der Waals surface area contributed by atoms with E-state index in [0.29, 0.717) is 12.4 Å². The third kappa shape index (κ3) is 4.32. The lowest BCUT2D eigenvalue weighted by molar-refractivity contribution is 0.181. The largest absolute Gasteiger partial charge is 0.378 e. The SMILES string of the molecule is COCc1cc(NC(=O)NC2CCN(C)C2c2ccccc2)ncn1. The molecule has 0 radical (unpaired) electrons. The Hall–Kier alpha value is -2.51. The molecule has 2 heterocycles. The molecule has 0 saturated carbocycles. The van der Waals surface area contributed by atoms with E-state index in [1.165, 1.54) is 11.9 Å². The van der Waals surface area contributed by atoms with E-state index in [9.17, 15) is 4.79 Å². The van der Waals surface area contributed by atoms with Crippen molar-refractivity contribution in [3.05, 3.63) is 54.0 Å². The van der Waals surface area contributed by atoms with Gasteiger partial charge < -0.3 is 10.1 Å². The van der Waals surface area contributed by atoms with E-state index >= 15 is 0 Å². The summed E-state index contributed by atoms with van der Waals surface area (Å²) < 4.78 is 5.05. The second kappa shape index (κ2) is 8.04. The Morgan fingerprint density at radius 1 is 1.32 bits per heavy atom. The van der Waals surface area contributed by atoms with Crippen molar-refractivity contribution < 1.29 is 9.53 Å². The van der Waals surface area contributed by atoms with Gasteiger partial charge in [-0.3, -0.25) is 10.2 Å². The van der Waals surface area contributed by atoms with Crippen LogP contribution in [0.5, 0.6) is 0 Å². The number of likely N-dealkylation sites (tertiary alicyclic amines) is 1. The number of nitrogens with zero attached hydrogens (tertiary/aromatic N) is 3. The van der Waals surface area contributed by atoms with Crippen LogP contribution in [0.3, 0.4) is 0 Å². The maximum atomic E-state index is 12.4. The Bertz CT molecular complexity index is 710. The molecule has 7 nitrogen and oxygen atoms in total. The Kier molecular flexibility index (Phi) is 5.57. The molecule has 2 unspecified atom stereocenters. The van der Waals surface area contributed by atoms with Crippen molar-refractivity contribution in [1.82, 2.24) is 20.2 Å². The van der Waals surface area contributed by atoms with E-state index in [1.807, 2.05) is 18.2 Å². The van der Waals surface area contributed by atoms with Crippen LogP contribution in [0.1, 0.15) is 23.7 Å². The van der Waals surface area contributed by atoms with Gasteiger partial charge in [-0.15, -0.1) is 0 Å². The summed E-state index contributed by atoms with van der Waals surface area (Å²) in [6.07, 6.45) is 2.32. The first-order valence-electron chi connectivity index (χ1n) is 8.30. The molecule has 2 atom stereocenters. The highest BCUT2D eigenvalue weighted by Gasteiger charge is 2.33. The number of urea groups is 1. The van der Waals surface area contributed by atoms with E-state index < -0.39 is 0 Å². The molecule has 1 fully saturated rings. The predicted octanol–water partition coefficient (Wildman–Crippen LogP) is 2.19. The predicted molar refractivity (Wildman–Crippen MR) is 95.1 cm³/mol. The van der Waals surface area contributed by atoms with E-state index in [4.69, 9.17) is 4.74 Å². The third-order valence-corrected chi connectivity index (χ3v) is 4.36. The average Bonchev–Trinajstić information content (AvgIpc) is 2.96. The smallest absolute Gasteiger partial charge is 0.320 e. The first kappa shape index (κ1) is 17.3. The lowest BCUT2D eigenvalue weighted by atomic mass is 10.0. The highest BCUT2D eigenvalue weighted by molar-refractivity contribution is 5.88. The van der Waals surface area contributed by atoms with Crippen molar-refractivity contribution in [2.24, 2.45) is 0 Å². The van der Waals surface area contributed by atoms with E-state index in [1.54, 1.807) is 13.2 Å². The third-order valence-electron chi connectivity index (χ3n) is 4.36. The van der Waals surface area contributed by atoms with Gasteiger partial charge in [0, 0.05) is 19.7 Å². The molecule has 0 spiro atoms. The minimum Gasteiger partial charge on any atom is -0.378 e. The Labute approximate surface area is 147 Å². The number of carbonyl (C=O) groups is 1. The van der Waals surface area contributed by atoms with Crippen LogP contribution in [0.15, 0.2) is 42.7 Å². The van der Waals surface area contributed by atoms with Gasteiger partial charge in [0.25, 0.3) is 0 Å². The summed E-state index contributed by atoms with van der Waals surface area (Å²) in [4.78, 5) is 22.8. The fraction of sp³-hybridized carbons (Fsp3) is 0.389. The number of rotatable bonds is 5. The van der Waals surface area contributed by atoms with Gasteiger partial charge in [0.2, 0.25) is 0 Å². The van der Waals surface area contributed by atoms with Gasteiger partial charge in [-0.05, 0) is 19.0 Å². The molecule has 2 amide bonds. The van der Waals surface area contributed by atoms with E-state index in [-0.39, 0.29) is 18.1 Å². The number of hydrogen-bond donors (Lipinski definition) is 2. The molecule has 132 valence electrons. The molecule has 7 heteroatoms. The Morgan fingerprint density at radius 3 is 2.88 bits per heavy atom. The topological polar surface area (TPSA) is 79.4 Å². The Morgan fingerprint density at radius 2 is 2.12 bits per heavy atom. The zero-order chi connectivity index (χ0) is 17.6. The maximum absolute atomic E-state index is 12.4. The molecule has 1 aromatic carbocycles. The number of likely N-dealkylation sites (N-methyl/N-ethyl adjacent to an activating group) is 1. The van der Waals surface area contributed by atoms with Gasteiger partial charge in [-0.25, -0.2) is 14.8 Å². The van der Waals surface area contributed by atoms with Gasteiger partial charge in [-0.2, -0.15) is 0 Å². The molecule has 3 rings (SSSR count). The molecule has 2 N–H and O–H groups in total. The van der Waals surface area contributed by atoms with Crippen molar-refractivity contribution in [2.45, 2.75) is 25.1 Å². The van der Waals surface area contributed by atoms with Crippen LogP contribution >= 0.6 is 0 Å².